The van der Waals surface area contributed by atoms with E-state index in [0.717, 1.165) is 17.7 Å². The lowest BCUT2D eigenvalue weighted by molar-refractivity contribution is -0.118. The molecule has 28 heavy (non-hydrogen) atoms. The highest BCUT2D eigenvalue weighted by Gasteiger charge is 2.05. The van der Waals surface area contributed by atoms with E-state index in [2.05, 4.69) is 12.2 Å². The van der Waals surface area contributed by atoms with E-state index in [0.29, 0.717) is 23.1 Å². The Labute approximate surface area is 170 Å². The molecule has 0 aliphatic rings. The molecule has 0 saturated carbocycles. The smallest absolute Gasteiger partial charge is 0.262 e. The van der Waals surface area contributed by atoms with Gasteiger partial charge in [0.1, 0.15) is 18.1 Å². The summed E-state index contributed by atoms with van der Waals surface area (Å²) in [7, 11) is 0. The molecule has 1 N–H and O–H groups in total. The highest BCUT2D eigenvalue weighted by molar-refractivity contribution is 6.30. The lowest BCUT2D eigenvalue weighted by atomic mass is 10.2. The molecule has 0 spiro atoms. The van der Waals surface area contributed by atoms with Crippen molar-refractivity contribution in [3.63, 3.8) is 0 Å². The standard InChI is InChI=1S/C23H22ClNO3/c1-2-17-5-11-21(12-6-17)28-16-23(26)25-20-9-13-22(14-10-20)27-15-18-3-7-19(24)8-4-18/h3-14H,2,15-16H2,1H3,(H,25,26). The van der Waals surface area contributed by atoms with Gasteiger partial charge in [-0.1, -0.05) is 42.8 Å². The molecule has 0 atom stereocenters. The zero-order chi connectivity index (χ0) is 19.8. The summed E-state index contributed by atoms with van der Waals surface area (Å²) < 4.78 is 11.2. The minimum Gasteiger partial charge on any atom is -0.489 e. The van der Waals surface area contributed by atoms with Gasteiger partial charge < -0.3 is 14.8 Å². The number of carbonyl (C=O) groups excluding carboxylic acids is 1. The molecule has 0 aliphatic carbocycles. The quantitative estimate of drug-likeness (QED) is 0.548. The van der Waals surface area contributed by atoms with Gasteiger partial charge in [-0.25, -0.2) is 0 Å². The summed E-state index contributed by atoms with van der Waals surface area (Å²) in [6.45, 7) is 2.51. The van der Waals surface area contributed by atoms with E-state index in [1.807, 2.05) is 60.7 Å². The fraction of sp³-hybridized carbons (Fsp3) is 0.174. The van der Waals surface area contributed by atoms with Gasteiger partial charge in [-0.05, 0) is 66.1 Å². The fourth-order valence-corrected chi connectivity index (χ4v) is 2.68. The number of benzene rings is 3. The van der Waals surface area contributed by atoms with Crippen LogP contribution in [0.25, 0.3) is 0 Å². The maximum atomic E-state index is 12.1. The van der Waals surface area contributed by atoms with Crippen molar-refractivity contribution in [2.45, 2.75) is 20.0 Å². The first-order chi connectivity index (χ1) is 13.6. The fourth-order valence-electron chi connectivity index (χ4n) is 2.55. The van der Waals surface area contributed by atoms with Crippen LogP contribution in [0.4, 0.5) is 5.69 Å². The first-order valence-corrected chi connectivity index (χ1v) is 9.49. The number of hydrogen-bond donors (Lipinski definition) is 1. The molecule has 0 heterocycles. The van der Waals surface area contributed by atoms with E-state index in [9.17, 15) is 4.79 Å². The Morgan fingerprint density at radius 1 is 0.821 bits per heavy atom. The van der Waals surface area contributed by atoms with Gasteiger partial charge in [-0.2, -0.15) is 0 Å². The van der Waals surface area contributed by atoms with Crippen molar-refractivity contribution < 1.29 is 14.3 Å². The number of amides is 1. The number of carbonyl (C=O) groups is 1. The molecular formula is C23H22ClNO3. The molecule has 0 radical (unpaired) electrons. The van der Waals surface area contributed by atoms with Gasteiger partial charge in [-0.3, -0.25) is 4.79 Å². The van der Waals surface area contributed by atoms with Crippen LogP contribution < -0.4 is 14.8 Å². The van der Waals surface area contributed by atoms with Crippen LogP contribution in [0.15, 0.2) is 72.8 Å². The summed E-state index contributed by atoms with van der Waals surface area (Å²) in [5.41, 5.74) is 2.95. The topological polar surface area (TPSA) is 47.6 Å². The van der Waals surface area contributed by atoms with Crippen molar-refractivity contribution in [3.05, 3.63) is 88.9 Å². The summed E-state index contributed by atoms with van der Waals surface area (Å²) in [6.07, 6.45) is 0.972. The third-order valence-corrected chi connectivity index (χ3v) is 4.41. The number of anilines is 1. The van der Waals surface area contributed by atoms with Crippen molar-refractivity contribution in [3.8, 4) is 11.5 Å². The Kier molecular flexibility index (Phi) is 6.93. The molecule has 3 rings (SSSR count). The van der Waals surface area contributed by atoms with Gasteiger partial charge in [0.25, 0.3) is 5.91 Å². The van der Waals surface area contributed by atoms with Crippen molar-refractivity contribution in [1.29, 1.82) is 0 Å². The van der Waals surface area contributed by atoms with Crippen molar-refractivity contribution in [2.24, 2.45) is 0 Å². The van der Waals surface area contributed by atoms with Crippen LogP contribution in [-0.2, 0) is 17.8 Å². The average molecular weight is 396 g/mol. The minimum absolute atomic E-state index is 0.0414. The molecule has 144 valence electrons. The molecule has 0 bridgehead atoms. The zero-order valence-corrected chi connectivity index (χ0v) is 16.4. The number of hydrogen-bond acceptors (Lipinski definition) is 3. The van der Waals surface area contributed by atoms with Crippen LogP contribution in [-0.4, -0.2) is 12.5 Å². The molecule has 0 aliphatic heterocycles. The van der Waals surface area contributed by atoms with Crippen LogP contribution in [0.2, 0.25) is 5.02 Å². The molecule has 3 aromatic carbocycles. The second kappa shape index (κ2) is 9.81. The van der Waals surface area contributed by atoms with Crippen LogP contribution in [0.3, 0.4) is 0 Å². The number of ether oxygens (including phenoxy) is 2. The summed E-state index contributed by atoms with van der Waals surface area (Å²) in [4.78, 5) is 12.1. The Morgan fingerprint density at radius 2 is 1.39 bits per heavy atom. The minimum atomic E-state index is -0.214. The van der Waals surface area contributed by atoms with Gasteiger partial charge in [-0.15, -0.1) is 0 Å². The van der Waals surface area contributed by atoms with E-state index in [1.54, 1.807) is 12.1 Å². The maximum Gasteiger partial charge on any atom is 0.262 e. The maximum absolute atomic E-state index is 12.1. The summed E-state index contributed by atoms with van der Waals surface area (Å²) in [5.74, 6) is 1.19. The predicted octanol–water partition coefficient (Wildman–Crippen LogP) is 5.50. The summed E-state index contributed by atoms with van der Waals surface area (Å²) in [6, 6.07) is 22.5. The van der Waals surface area contributed by atoms with Crippen LogP contribution in [0.1, 0.15) is 18.1 Å². The highest BCUT2D eigenvalue weighted by atomic mass is 35.5. The van der Waals surface area contributed by atoms with Gasteiger partial charge in [0.2, 0.25) is 0 Å². The molecule has 0 saturated heterocycles. The molecule has 3 aromatic rings. The lowest BCUT2D eigenvalue weighted by Crippen LogP contribution is -2.20. The molecule has 1 amide bonds. The van der Waals surface area contributed by atoms with Crippen molar-refractivity contribution in [2.75, 3.05) is 11.9 Å². The van der Waals surface area contributed by atoms with Crippen LogP contribution in [0, 0.1) is 0 Å². The highest BCUT2D eigenvalue weighted by Crippen LogP contribution is 2.18. The van der Waals surface area contributed by atoms with Gasteiger partial charge in [0, 0.05) is 10.7 Å². The lowest BCUT2D eigenvalue weighted by Gasteiger charge is -2.10. The monoisotopic (exact) mass is 395 g/mol. The number of rotatable bonds is 8. The van der Waals surface area contributed by atoms with Gasteiger partial charge >= 0.3 is 0 Å². The molecule has 0 fully saturated rings. The Morgan fingerprint density at radius 3 is 2.04 bits per heavy atom. The molecule has 5 heteroatoms. The molecular weight excluding hydrogens is 374 g/mol. The van der Waals surface area contributed by atoms with E-state index in [1.165, 1.54) is 5.56 Å². The zero-order valence-electron chi connectivity index (χ0n) is 15.7. The van der Waals surface area contributed by atoms with E-state index >= 15 is 0 Å². The largest absolute Gasteiger partial charge is 0.489 e. The van der Waals surface area contributed by atoms with E-state index in [4.69, 9.17) is 21.1 Å². The average Bonchev–Trinajstić information content (AvgIpc) is 2.73. The number of aryl methyl sites for hydroxylation is 1. The first kappa shape index (κ1) is 19.8. The molecule has 0 unspecified atom stereocenters. The SMILES string of the molecule is CCc1ccc(OCC(=O)Nc2ccc(OCc3ccc(Cl)cc3)cc2)cc1. The predicted molar refractivity (Wildman–Crippen MR) is 112 cm³/mol. The second-order valence-electron chi connectivity index (χ2n) is 6.27. The number of halogens is 1. The van der Waals surface area contributed by atoms with E-state index < -0.39 is 0 Å². The van der Waals surface area contributed by atoms with Crippen LogP contribution >= 0.6 is 11.6 Å². The van der Waals surface area contributed by atoms with Crippen molar-refractivity contribution in [1.82, 2.24) is 0 Å². The molecule has 0 aromatic heterocycles. The third-order valence-electron chi connectivity index (χ3n) is 4.16. The first-order valence-electron chi connectivity index (χ1n) is 9.11. The number of nitrogens with one attached hydrogen (secondary N) is 1. The Balaban J connectivity index is 1.45. The molecule has 4 nitrogen and oxygen atoms in total. The Bertz CT molecular complexity index is 891. The van der Waals surface area contributed by atoms with E-state index in [-0.39, 0.29) is 12.5 Å². The summed E-state index contributed by atoms with van der Waals surface area (Å²) in [5, 5.41) is 3.51. The Hall–Kier alpha value is -2.98. The van der Waals surface area contributed by atoms with Gasteiger partial charge in [0.15, 0.2) is 6.61 Å². The summed E-state index contributed by atoms with van der Waals surface area (Å²) >= 11 is 5.87. The van der Waals surface area contributed by atoms with Gasteiger partial charge in [0.05, 0.1) is 0 Å². The van der Waals surface area contributed by atoms with Crippen molar-refractivity contribution >= 4 is 23.2 Å². The second-order valence-corrected chi connectivity index (χ2v) is 6.71. The van der Waals surface area contributed by atoms with Crippen LogP contribution in [0.5, 0.6) is 11.5 Å². The normalized spacial score (nSPS) is 10.4. The third kappa shape index (κ3) is 6.03.